The van der Waals surface area contributed by atoms with Crippen molar-refractivity contribution in [1.82, 2.24) is 10.2 Å². The zero-order valence-corrected chi connectivity index (χ0v) is 15.8. The number of rotatable bonds is 7. The van der Waals surface area contributed by atoms with Gasteiger partial charge in [0.25, 0.3) is 0 Å². The summed E-state index contributed by atoms with van der Waals surface area (Å²) in [5.41, 5.74) is 0.0790. The Labute approximate surface area is 154 Å². The molecule has 0 bridgehead atoms. The molecule has 0 aromatic rings. The van der Waals surface area contributed by atoms with Crippen LogP contribution in [0.1, 0.15) is 20.3 Å². The van der Waals surface area contributed by atoms with E-state index in [1.165, 1.54) is 32.1 Å². The van der Waals surface area contributed by atoms with Crippen LogP contribution in [0.4, 0.5) is 0 Å². The maximum absolute atomic E-state index is 12.4. The first-order valence-corrected chi connectivity index (χ1v) is 9.70. The van der Waals surface area contributed by atoms with Crippen LogP contribution in [0.5, 0.6) is 0 Å². The second-order valence-corrected chi connectivity index (χ2v) is 7.67. The van der Waals surface area contributed by atoms with Crippen molar-refractivity contribution in [2.24, 2.45) is 5.92 Å². The highest BCUT2D eigenvalue weighted by atomic mass is 32.3. The smallest absolute Gasteiger partial charge is 0.397 e. The summed E-state index contributed by atoms with van der Waals surface area (Å²) in [6.07, 6.45) is 0.597. The molecule has 2 amide bonds. The lowest BCUT2D eigenvalue weighted by molar-refractivity contribution is -0.160. The molecule has 2 aliphatic heterocycles. The zero-order chi connectivity index (χ0) is 19.6. The molecule has 1 saturated heterocycles. The molecule has 2 aliphatic rings. The lowest BCUT2D eigenvalue weighted by Crippen LogP contribution is -2.62. The van der Waals surface area contributed by atoms with Gasteiger partial charge in [-0.15, -0.1) is 0 Å². The molecule has 2 rings (SSSR count). The molecule has 0 spiro atoms. The summed E-state index contributed by atoms with van der Waals surface area (Å²) >= 11 is 1.14. The minimum Gasteiger partial charge on any atom is -0.464 e. The van der Waals surface area contributed by atoms with E-state index in [1.807, 2.05) is 0 Å². The average Bonchev–Trinajstić information content (AvgIpc) is 2.83. The molecule has 26 heavy (non-hydrogen) atoms. The summed E-state index contributed by atoms with van der Waals surface area (Å²) < 4.78 is 39.7. The zero-order valence-electron chi connectivity index (χ0n) is 14.2. The third-order valence-corrected chi connectivity index (χ3v) is 5.35. The van der Waals surface area contributed by atoms with E-state index in [2.05, 4.69) is 9.50 Å². The van der Waals surface area contributed by atoms with Gasteiger partial charge in [0.1, 0.15) is 5.70 Å². The van der Waals surface area contributed by atoms with Crippen LogP contribution in [0.15, 0.2) is 22.2 Å². The fourth-order valence-corrected chi connectivity index (χ4v) is 4.29. The number of thioether (sulfide) groups is 1. The van der Waals surface area contributed by atoms with Crippen molar-refractivity contribution in [3.8, 4) is 0 Å². The maximum Gasteiger partial charge on any atom is 0.397 e. The van der Waals surface area contributed by atoms with Crippen LogP contribution in [0, 0.1) is 5.92 Å². The molecule has 0 saturated carbocycles. The molecule has 0 aromatic carbocycles. The van der Waals surface area contributed by atoms with Gasteiger partial charge >= 0.3 is 16.4 Å². The Balaban J connectivity index is 2.18. The first-order chi connectivity index (χ1) is 12.1. The van der Waals surface area contributed by atoms with Gasteiger partial charge < -0.3 is 15.0 Å². The van der Waals surface area contributed by atoms with Gasteiger partial charge in [0, 0.05) is 24.4 Å². The third kappa shape index (κ3) is 4.26. The van der Waals surface area contributed by atoms with Crippen molar-refractivity contribution >= 4 is 39.9 Å². The highest BCUT2D eigenvalue weighted by Crippen LogP contribution is 2.48. The monoisotopic (exact) mass is 406 g/mol. The normalized spacial score (nSPS) is 23.7. The number of β-lactam (4-membered cyclic amide) rings is 1. The van der Waals surface area contributed by atoms with E-state index in [9.17, 15) is 22.8 Å². The number of hydrogen-bond donors (Lipinski definition) is 2. The van der Waals surface area contributed by atoms with Gasteiger partial charge in [-0.1, -0.05) is 11.8 Å². The Morgan fingerprint density at radius 1 is 1.46 bits per heavy atom. The number of fused-ring (bicyclic) bond motifs is 1. The quantitative estimate of drug-likeness (QED) is 0.343. The Morgan fingerprint density at radius 3 is 2.65 bits per heavy atom. The number of nitrogens with zero attached hydrogens (tertiary/aromatic N) is 1. The Hall–Kier alpha value is -1.89. The molecule has 12 heteroatoms. The SMILES string of the molecule is COC(=O)C1=C(SC=CNC(C)=O)C[C@@H]2[C@H]([C@H](C)OS(=O)(=O)O)C(=O)N12. The molecule has 10 nitrogen and oxygen atoms in total. The molecular formula is C14H18N2O8S2. The van der Waals surface area contributed by atoms with E-state index in [1.54, 1.807) is 5.41 Å². The number of amides is 2. The first kappa shape index (κ1) is 20.4. The summed E-state index contributed by atoms with van der Waals surface area (Å²) in [5.74, 6) is -2.27. The van der Waals surface area contributed by atoms with Crippen LogP contribution in [0.2, 0.25) is 0 Å². The molecule has 0 radical (unpaired) electrons. The van der Waals surface area contributed by atoms with Crippen molar-refractivity contribution in [3.05, 3.63) is 22.2 Å². The predicted molar refractivity (Wildman–Crippen MR) is 90.4 cm³/mol. The van der Waals surface area contributed by atoms with Crippen LogP contribution in [0.25, 0.3) is 0 Å². The fraction of sp³-hybridized carbons (Fsp3) is 0.500. The highest BCUT2D eigenvalue weighted by Gasteiger charge is 2.58. The van der Waals surface area contributed by atoms with Crippen LogP contribution < -0.4 is 5.32 Å². The van der Waals surface area contributed by atoms with E-state index < -0.39 is 40.3 Å². The van der Waals surface area contributed by atoms with Crippen molar-refractivity contribution in [1.29, 1.82) is 0 Å². The number of carbonyl (C=O) groups excluding carboxylic acids is 3. The molecule has 0 unspecified atom stereocenters. The number of ether oxygens (including phenoxy) is 1. The standard InChI is InChI=1S/C14H18N2O8S2/c1-7(24-26(20,21)22)11-9-6-10(25-5-4-15-8(2)17)12(14(19)23-3)16(9)13(11)18/h4-5,7,9,11H,6H2,1-3H3,(H,15,17)(H,20,21,22)/t7-,9+,11-/m0/s1. The minimum atomic E-state index is -4.70. The molecule has 1 fully saturated rings. The van der Waals surface area contributed by atoms with E-state index >= 15 is 0 Å². The summed E-state index contributed by atoms with van der Waals surface area (Å²) in [7, 11) is -3.52. The second kappa shape index (κ2) is 7.78. The van der Waals surface area contributed by atoms with Crippen molar-refractivity contribution < 1.29 is 36.3 Å². The summed E-state index contributed by atoms with van der Waals surface area (Å²) in [6, 6.07) is -0.481. The second-order valence-electron chi connectivity index (χ2n) is 5.62. The summed E-state index contributed by atoms with van der Waals surface area (Å²) in [6.45, 7) is 2.70. The predicted octanol–water partition coefficient (Wildman–Crippen LogP) is 0.150. The Bertz CT molecular complexity index is 789. The number of methoxy groups -OCH3 is 1. The first-order valence-electron chi connectivity index (χ1n) is 7.45. The largest absolute Gasteiger partial charge is 0.464 e. The highest BCUT2D eigenvalue weighted by molar-refractivity contribution is 8.05. The van der Waals surface area contributed by atoms with Gasteiger partial charge in [-0.05, 0) is 12.3 Å². The van der Waals surface area contributed by atoms with Crippen LogP contribution in [-0.2, 0) is 33.7 Å². The lowest BCUT2D eigenvalue weighted by Gasteiger charge is -2.45. The third-order valence-electron chi connectivity index (χ3n) is 3.89. The van der Waals surface area contributed by atoms with Crippen LogP contribution >= 0.6 is 11.8 Å². The van der Waals surface area contributed by atoms with Gasteiger partial charge in [-0.2, -0.15) is 8.42 Å². The van der Waals surface area contributed by atoms with E-state index in [4.69, 9.17) is 9.29 Å². The van der Waals surface area contributed by atoms with Gasteiger partial charge in [0.2, 0.25) is 11.8 Å². The molecular weight excluding hydrogens is 388 g/mol. The Kier molecular flexibility index (Phi) is 6.11. The van der Waals surface area contributed by atoms with E-state index in [0.29, 0.717) is 4.91 Å². The van der Waals surface area contributed by atoms with Crippen molar-refractivity contribution in [3.63, 3.8) is 0 Å². The number of hydrogen-bond acceptors (Lipinski definition) is 8. The van der Waals surface area contributed by atoms with Crippen molar-refractivity contribution in [2.75, 3.05) is 7.11 Å². The molecule has 2 N–H and O–H groups in total. The molecule has 0 aliphatic carbocycles. The van der Waals surface area contributed by atoms with Crippen LogP contribution in [0.3, 0.4) is 0 Å². The summed E-state index contributed by atoms with van der Waals surface area (Å²) in [4.78, 5) is 37.1. The molecule has 144 valence electrons. The molecule has 3 atom stereocenters. The average molecular weight is 406 g/mol. The maximum atomic E-state index is 12.4. The number of esters is 1. The van der Waals surface area contributed by atoms with Gasteiger partial charge in [0.15, 0.2) is 0 Å². The molecule has 0 aromatic heterocycles. The number of carbonyl (C=O) groups is 3. The topological polar surface area (TPSA) is 139 Å². The van der Waals surface area contributed by atoms with Crippen LogP contribution in [-0.4, -0.2) is 54.9 Å². The molecule has 2 heterocycles. The number of nitrogens with one attached hydrogen (secondary N) is 1. The van der Waals surface area contributed by atoms with Gasteiger partial charge in [0.05, 0.1) is 25.2 Å². The lowest BCUT2D eigenvalue weighted by atomic mass is 9.83. The van der Waals surface area contributed by atoms with Gasteiger partial charge in [-0.25, -0.2) is 8.98 Å². The summed E-state index contributed by atoms with van der Waals surface area (Å²) in [5, 5.41) is 4.00. The van der Waals surface area contributed by atoms with Gasteiger partial charge in [-0.3, -0.25) is 14.1 Å². The van der Waals surface area contributed by atoms with E-state index in [-0.39, 0.29) is 18.0 Å². The Morgan fingerprint density at radius 2 is 2.12 bits per heavy atom. The van der Waals surface area contributed by atoms with E-state index in [0.717, 1.165) is 11.8 Å². The fourth-order valence-electron chi connectivity index (χ4n) is 2.93. The van der Waals surface area contributed by atoms with Crippen molar-refractivity contribution in [2.45, 2.75) is 32.4 Å². The minimum absolute atomic E-state index is 0.0790.